The first-order valence-corrected chi connectivity index (χ1v) is 10.2. The Morgan fingerprint density at radius 1 is 1.23 bits per heavy atom. The molecule has 164 valence electrons. The van der Waals surface area contributed by atoms with Crippen LogP contribution in [0, 0.1) is 0 Å². The van der Waals surface area contributed by atoms with E-state index in [1.54, 1.807) is 43.4 Å². The second kappa shape index (κ2) is 9.57. The van der Waals surface area contributed by atoms with Gasteiger partial charge in [-0.2, -0.15) is 0 Å². The zero-order valence-corrected chi connectivity index (χ0v) is 17.9. The summed E-state index contributed by atoms with van der Waals surface area (Å²) in [4.78, 5) is 42.5. The van der Waals surface area contributed by atoms with Gasteiger partial charge in [-0.25, -0.2) is 0 Å². The third-order valence-electron chi connectivity index (χ3n) is 6.07. The molecular weight excluding hydrogens is 388 g/mol. The molecule has 3 amide bonds. The van der Waals surface area contributed by atoms with Crippen LogP contribution in [0.25, 0.3) is 0 Å². The first-order chi connectivity index (χ1) is 14.4. The first kappa shape index (κ1) is 22.2. The number of carbonyl (C=O) groups excluding carboxylic acids is 3. The maximum Gasteiger partial charge on any atom is 0.240 e. The highest BCUT2D eigenvalue weighted by atomic mass is 16.5. The summed E-state index contributed by atoms with van der Waals surface area (Å²) in [6, 6.07) is 7.08. The van der Waals surface area contributed by atoms with E-state index in [1.807, 2.05) is 0 Å². The Balaban J connectivity index is 1.93. The topological polar surface area (TPSA) is 85.4 Å². The van der Waals surface area contributed by atoms with Crippen LogP contribution >= 0.6 is 0 Å². The lowest BCUT2D eigenvalue weighted by Crippen LogP contribution is -2.47. The van der Waals surface area contributed by atoms with Gasteiger partial charge in [0.15, 0.2) is 0 Å². The molecular formula is C22H30N2O6. The van der Waals surface area contributed by atoms with Gasteiger partial charge in [0.05, 0.1) is 31.8 Å². The summed E-state index contributed by atoms with van der Waals surface area (Å²) in [5.41, 5.74) is -0.620. The smallest absolute Gasteiger partial charge is 0.240 e. The van der Waals surface area contributed by atoms with Crippen LogP contribution < -0.4 is 4.74 Å². The van der Waals surface area contributed by atoms with Crippen LogP contribution in [0.5, 0.6) is 5.75 Å². The van der Waals surface area contributed by atoms with Crippen molar-refractivity contribution in [2.24, 2.45) is 0 Å². The van der Waals surface area contributed by atoms with Crippen molar-refractivity contribution in [3.63, 3.8) is 0 Å². The van der Waals surface area contributed by atoms with Gasteiger partial charge in [-0.15, -0.1) is 0 Å². The lowest BCUT2D eigenvalue weighted by Gasteiger charge is -2.35. The molecule has 0 radical (unpaired) electrons. The normalized spacial score (nSPS) is 24.4. The van der Waals surface area contributed by atoms with Gasteiger partial charge < -0.3 is 19.1 Å². The van der Waals surface area contributed by atoms with Crippen molar-refractivity contribution in [1.29, 1.82) is 0 Å². The van der Waals surface area contributed by atoms with E-state index in [1.165, 1.54) is 12.0 Å². The number of likely N-dealkylation sites (tertiary alicyclic amines) is 2. The number of carbonyl (C=O) groups is 3. The minimum absolute atomic E-state index is 0.00502. The Morgan fingerprint density at radius 3 is 2.73 bits per heavy atom. The van der Waals surface area contributed by atoms with E-state index >= 15 is 0 Å². The lowest BCUT2D eigenvalue weighted by molar-refractivity contribution is -0.144. The molecule has 8 nitrogen and oxygen atoms in total. The third-order valence-corrected chi connectivity index (χ3v) is 6.07. The molecule has 0 spiro atoms. The Labute approximate surface area is 177 Å². The monoisotopic (exact) mass is 418 g/mol. The first-order valence-electron chi connectivity index (χ1n) is 10.2. The van der Waals surface area contributed by atoms with Crippen molar-refractivity contribution in [2.75, 3.05) is 47.6 Å². The molecule has 0 saturated carbocycles. The number of nitrogens with zero attached hydrogens (tertiary/aromatic N) is 2. The maximum absolute atomic E-state index is 13.5. The molecule has 0 bridgehead atoms. The molecule has 0 unspecified atom stereocenters. The lowest BCUT2D eigenvalue weighted by atomic mass is 9.75. The van der Waals surface area contributed by atoms with Gasteiger partial charge in [0.1, 0.15) is 5.75 Å². The zero-order chi connectivity index (χ0) is 21.7. The second-order valence-electron chi connectivity index (χ2n) is 7.85. The van der Waals surface area contributed by atoms with Crippen molar-refractivity contribution in [3.8, 4) is 5.75 Å². The van der Waals surface area contributed by atoms with Gasteiger partial charge in [0.25, 0.3) is 0 Å². The van der Waals surface area contributed by atoms with E-state index in [0.29, 0.717) is 24.4 Å². The predicted molar refractivity (Wildman–Crippen MR) is 109 cm³/mol. The van der Waals surface area contributed by atoms with Gasteiger partial charge in [-0.05, 0) is 30.5 Å². The molecule has 30 heavy (non-hydrogen) atoms. The second-order valence-corrected chi connectivity index (χ2v) is 7.85. The molecule has 2 heterocycles. The molecule has 2 aliphatic rings. The van der Waals surface area contributed by atoms with E-state index in [2.05, 4.69) is 0 Å². The van der Waals surface area contributed by atoms with Crippen LogP contribution in [-0.4, -0.2) is 81.2 Å². The molecule has 2 fully saturated rings. The van der Waals surface area contributed by atoms with E-state index in [4.69, 9.17) is 14.2 Å². The van der Waals surface area contributed by atoms with Gasteiger partial charge >= 0.3 is 0 Å². The van der Waals surface area contributed by atoms with Crippen molar-refractivity contribution < 1.29 is 28.6 Å². The molecule has 1 aromatic rings. The summed E-state index contributed by atoms with van der Waals surface area (Å²) in [7, 11) is 4.71. The summed E-state index contributed by atoms with van der Waals surface area (Å²) in [6.07, 6.45) is 1.64. The number of methoxy groups -OCH3 is 3. The largest absolute Gasteiger partial charge is 0.497 e. The van der Waals surface area contributed by atoms with E-state index < -0.39 is 5.41 Å². The van der Waals surface area contributed by atoms with Crippen molar-refractivity contribution >= 4 is 17.7 Å². The number of rotatable bonds is 8. The fourth-order valence-electron chi connectivity index (χ4n) is 4.32. The summed E-state index contributed by atoms with van der Waals surface area (Å²) in [5.74, 6) is -0.214. The van der Waals surface area contributed by atoms with E-state index in [9.17, 15) is 14.4 Å². The number of piperidine rings is 1. The Morgan fingerprint density at radius 2 is 2.03 bits per heavy atom. The fraction of sp³-hybridized carbons (Fsp3) is 0.591. The minimum Gasteiger partial charge on any atom is -0.497 e. The molecule has 3 rings (SSSR count). The highest BCUT2D eigenvalue weighted by Crippen LogP contribution is 2.41. The standard InChI is InChI=1S/C22H30N2O6/c1-28-11-10-24-20(26)14-22(21(24)27,16-6-4-7-17(12-16)29-2)13-19(25)23-9-5-8-18(15-23)30-3/h4,6-7,12,18H,5,8-11,13-15H2,1-3H3/t18-,22-/m1/s1. The molecule has 0 aromatic heterocycles. The SMILES string of the molecule is COCCN1C(=O)C[C@](CC(=O)N2CCC[C@@H](OC)C2)(c2cccc(OC)c2)C1=O. The molecule has 0 aliphatic carbocycles. The summed E-state index contributed by atoms with van der Waals surface area (Å²) < 4.78 is 15.8. The van der Waals surface area contributed by atoms with Crippen molar-refractivity contribution in [3.05, 3.63) is 29.8 Å². The van der Waals surface area contributed by atoms with Crippen LogP contribution in [0.4, 0.5) is 0 Å². The number of imide groups is 1. The van der Waals surface area contributed by atoms with Crippen LogP contribution in [0.1, 0.15) is 31.2 Å². The van der Waals surface area contributed by atoms with Crippen molar-refractivity contribution in [1.82, 2.24) is 9.80 Å². The van der Waals surface area contributed by atoms with Gasteiger partial charge in [0.2, 0.25) is 17.7 Å². The van der Waals surface area contributed by atoms with Crippen LogP contribution in [0.2, 0.25) is 0 Å². The summed E-state index contributed by atoms with van der Waals surface area (Å²) in [5, 5.41) is 0. The Kier molecular flexibility index (Phi) is 7.10. The zero-order valence-electron chi connectivity index (χ0n) is 17.9. The summed E-state index contributed by atoms with van der Waals surface area (Å²) >= 11 is 0. The molecule has 0 N–H and O–H groups in total. The average molecular weight is 418 g/mol. The number of ether oxygens (including phenoxy) is 3. The number of hydrogen-bond donors (Lipinski definition) is 0. The molecule has 2 atom stereocenters. The highest BCUT2D eigenvalue weighted by molar-refractivity contribution is 6.10. The summed E-state index contributed by atoms with van der Waals surface area (Å²) in [6.45, 7) is 1.55. The molecule has 1 aromatic carbocycles. The highest BCUT2D eigenvalue weighted by Gasteiger charge is 2.54. The van der Waals surface area contributed by atoms with Gasteiger partial charge in [0, 0.05) is 40.2 Å². The van der Waals surface area contributed by atoms with Crippen LogP contribution in [-0.2, 0) is 29.3 Å². The minimum atomic E-state index is -1.24. The van der Waals surface area contributed by atoms with Crippen LogP contribution in [0.15, 0.2) is 24.3 Å². The third kappa shape index (κ3) is 4.34. The fourth-order valence-corrected chi connectivity index (χ4v) is 4.32. The Hall–Kier alpha value is -2.45. The predicted octanol–water partition coefficient (Wildman–Crippen LogP) is 1.37. The van der Waals surface area contributed by atoms with E-state index in [-0.39, 0.29) is 49.8 Å². The van der Waals surface area contributed by atoms with Crippen molar-refractivity contribution in [2.45, 2.75) is 37.2 Å². The van der Waals surface area contributed by atoms with E-state index in [0.717, 1.165) is 12.8 Å². The molecule has 8 heteroatoms. The number of benzene rings is 1. The molecule has 2 saturated heterocycles. The molecule has 2 aliphatic heterocycles. The quantitative estimate of drug-likeness (QED) is 0.593. The van der Waals surface area contributed by atoms with Gasteiger partial charge in [-0.3, -0.25) is 19.3 Å². The number of hydrogen-bond acceptors (Lipinski definition) is 6. The van der Waals surface area contributed by atoms with Gasteiger partial charge in [-0.1, -0.05) is 12.1 Å². The van der Waals surface area contributed by atoms with Crippen LogP contribution in [0.3, 0.4) is 0 Å². The Bertz CT molecular complexity index is 798. The average Bonchev–Trinajstić information content (AvgIpc) is 3.02. The maximum atomic E-state index is 13.5. The number of amides is 3.